The van der Waals surface area contributed by atoms with E-state index in [2.05, 4.69) is 10.1 Å². The van der Waals surface area contributed by atoms with Gasteiger partial charge in [0.05, 0.1) is 6.04 Å². The van der Waals surface area contributed by atoms with E-state index in [4.69, 9.17) is 21.9 Å². The van der Waals surface area contributed by atoms with Gasteiger partial charge in [0, 0.05) is 10.6 Å². The fourth-order valence-corrected chi connectivity index (χ4v) is 1.36. The van der Waals surface area contributed by atoms with Gasteiger partial charge in [-0.3, -0.25) is 0 Å². The molecule has 0 radical (unpaired) electrons. The largest absolute Gasteiger partial charge is 0.337 e. The van der Waals surface area contributed by atoms with E-state index in [0.717, 1.165) is 5.56 Å². The molecule has 0 saturated carbocycles. The van der Waals surface area contributed by atoms with Gasteiger partial charge < -0.3 is 10.3 Å². The van der Waals surface area contributed by atoms with Crippen LogP contribution in [0.4, 0.5) is 0 Å². The molecular weight excluding hydrogens is 249 g/mol. The highest BCUT2D eigenvalue weighted by Gasteiger charge is 2.11. The molecule has 0 bridgehead atoms. The first-order valence-electron chi connectivity index (χ1n) is 4.52. The van der Waals surface area contributed by atoms with E-state index in [9.17, 15) is 0 Å². The number of aromatic nitrogens is 2. The van der Waals surface area contributed by atoms with Crippen molar-refractivity contribution in [1.29, 1.82) is 0 Å². The second-order valence-corrected chi connectivity index (χ2v) is 3.69. The first kappa shape index (κ1) is 13.0. The Kier molecular flexibility index (Phi) is 4.29. The van der Waals surface area contributed by atoms with Crippen molar-refractivity contribution in [2.75, 3.05) is 0 Å². The van der Waals surface area contributed by atoms with Gasteiger partial charge in [0.15, 0.2) is 0 Å². The zero-order valence-electron chi connectivity index (χ0n) is 8.55. The standard InChI is InChI=1S/C10H10ClN3O.ClH/c1-6(12)10-13-9(14-15-10)7-3-2-4-8(11)5-7;/h2-6H,12H2,1H3;1H. The van der Waals surface area contributed by atoms with Crippen molar-refractivity contribution in [2.24, 2.45) is 5.73 Å². The molecule has 1 aromatic heterocycles. The molecule has 0 fully saturated rings. The maximum Gasteiger partial charge on any atom is 0.243 e. The zero-order chi connectivity index (χ0) is 10.8. The Balaban J connectivity index is 0.00000128. The molecule has 4 nitrogen and oxygen atoms in total. The Hall–Kier alpha value is -1.10. The van der Waals surface area contributed by atoms with Crippen LogP contribution in [0.2, 0.25) is 5.02 Å². The average Bonchev–Trinajstić information content (AvgIpc) is 2.66. The van der Waals surface area contributed by atoms with Gasteiger partial charge in [-0.1, -0.05) is 28.9 Å². The molecule has 1 unspecified atom stereocenters. The maximum atomic E-state index is 5.85. The highest BCUT2D eigenvalue weighted by molar-refractivity contribution is 6.30. The van der Waals surface area contributed by atoms with E-state index >= 15 is 0 Å². The molecule has 1 aromatic carbocycles. The van der Waals surface area contributed by atoms with Crippen LogP contribution in [0.1, 0.15) is 18.9 Å². The molecule has 2 aromatic rings. The average molecular weight is 260 g/mol. The molecule has 6 heteroatoms. The van der Waals surface area contributed by atoms with Crippen LogP contribution in [0.3, 0.4) is 0 Å². The second kappa shape index (κ2) is 5.30. The molecule has 0 spiro atoms. The van der Waals surface area contributed by atoms with Crippen molar-refractivity contribution < 1.29 is 4.52 Å². The highest BCUT2D eigenvalue weighted by Crippen LogP contribution is 2.20. The van der Waals surface area contributed by atoms with Crippen LogP contribution in [0.5, 0.6) is 0 Å². The van der Waals surface area contributed by atoms with Crippen LogP contribution in [0.15, 0.2) is 28.8 Å². The predicted octanol–water partition coefficient (Wildman–Crippen LogP) is 2.83. The van der Waals surface area contributed by atoms with Crippen molar-refractivity contribution in [1.82, 2.24) is 10.1 Å². The SMILES string of the molecule is CC(N)c1nc(-c2cccc(Cl)c2)no1.Cl. The van der Waals surface area contributed by atoms with Crippen molar-refractivity contribution in [3.8, 4) is 11.4 Å². The fraction of sp³-hybridized carbons (Fsp3) is 0.200. The first-order chi connectivity index (χ1) is 7.16. The third kappa shape index (κ3) is 2.72. The summed E-state index contributed by atoms with van der Waals surface area (Å²) in [7, 11) is 0. The molecule has 2 N–H and O–H groups in total. The smallest absolute Gasteiger partial charge is 0.243 e. The van der Waals surface area contributed by atoms with Gasteiger partial charge >= 0.3 is 0 Å². The quantitative estimate of drug-likeness (QED) is 0.901. The Morgan fingerprint density at radius 2 is 2.19 bits per heavy atom. The van der Waals surface area contributed by atoms with Crippen molar-refractivity contribution in [2.45, 2.75) is 13.0 Å². The van der Waals surface area contributed by atoms with E-state index < -0.39 is 0 Å². The van der Waals surface area contributed by atoms with Gasteiger partial charge in [0.25, 0.3) is 0 Å². The van der Waals surface area contributed by atoms with E-state index in [-0.39, 0.29) is 18.4 Å². The van der Waals surface area contributed by atoms with E-state index in [1.165, 1.54) is 0 Å². The lowest BCUT2D eigenvalue weighted by molar-refractivity contribution is 0.362. The minimum atomic E-state index is -0.259. The molecule has 2 rings (SSSR count). The number of benzene rings is 1. The highest BCUT2D eigenvalue weighted by atomic mass is 35.5. The molecule has 1 atom stereocenters. The summed E-state index contributed by atoms with van der Waals surface area (Å²) >= 11 is 5.85. The fourth-order valence-electron chi connectivity index (χ4n) is 1.16. The van der Waals surface area contributed by atoms with Gasteiger partial charge in [-0.15, -0.1) is 12.4 Å². The lowest BCUT2D eigenvalue weighted by Crippen LogP contribution is -2.04. The molecule has 0 aliphatic carbocycles. The number of hydrogen-bond acceptors (Lipinski definition) is 4. The molecule has 16 heavy (non-hydrogen) atoms. The van der Waals surface area contributed by atoms with E-state index in [1.807, 2.05) is 12.1 Å². The van der Waals surface area contributed by atoms with Crippen LogP contribution < -0.4 is 5.73 Å². The normalized spacial score (nSPS) is 11.9. The Morgan fingerprint density at radius 1 is 1.44 bits per heavy atom. The summed E-state index contributed by atoms with van der Waals surface area (Å²) in [6, 6.07) is 7.00. The molecule has 0 amide bonds. The summed E-state index contributed by atoms with van der Waals surface area (Å²) in [4.78, 5) is 4.16. The van der Waals surface area contributed by atoms with Crippen LogP contribution in [0, 0.1) is 0 Å². The van der Waals surface area contributed by atoms with Crippen LogP contribution in [-0.4, -0.2) is 10.1 Å². The zero-order valence-corrected chi connectivity index (χ0v) is 10.1. The molecule has 0 aliphatic heterocycles. The summed E-state index contributed by atoms with van der Waals surface area (Å²) in [6.45, 7) is 1.79. The number of nitrogens with two attached hydrogens (primary N) is 1. The van der Waals surface area contributed by atoms with Crippen molar-refractivity contribution in [3.63, 3.8) is 0 Å². The van der Waals surface area contributed by atoms with Crippen LogP contribution >= 0.6 is 24.0 Å². The summed E-state index contributed by atoms with van der Waals surface area (Å²) < 4.78 is 4.99. The first-order valence-corrected chi connectivity index (χ1v) is 4.90. The number of hydrogen-bond donors (Lipinski definition) is 1. The lowest BCUT2D eigenvalue weighted by atomic mass is 10.2. The Bertz CT molecular complexity index is 471. The summed E-state index contributed by atoms with van der Waals surface area (Å²) in [5.41, 5.74) is 6.43. The molecule has 1 heterocycles. The topological polar surface area (TPSA) is 64.9 Å². The van der Waals surface area contributed by atoms with Gasteiger partial charge in [-0.2, -0.15) is 4.98 Å². The van der Waals surface area contributed by atoms with Crippen LogP contribution in [0.25, 0.3) is 11.4 Å². The molecule has 0 saturated heterocycles. The summed E-state index contributed by atoms with van der Waals surface area (Å²) in [6.07, 6.45) is 0. The van der Waals surface area contributed by atoms with E-state index in [0.29, 0.717) is 16.7 Å². The number of halogens is 2. The number of rotatable bonds is 2. The van der Waals surface area contributed by atoms with Gasteiger partial charge in [0.2, 0.25) is 11.7 Å². The lowest BCUT2D eigenvalue weighted by Gasteiger charge is -1.95. The van der Waals surface area contributed by atoms with Gasteiger partial charge in [-0.05, 0) is 19.1 Å². The molecule has 0 aliphatic rings. The summed E-state index contributed by atoms with van der Waals surface area (Å²) in [5, 5.41) is 4.46. The van der Waals surface area contributed by atoms with Gasteiger partial charge in [0.1, 0.15) is 0 Å². The minimum Gasteiger partial charge on any atom is -0.337 e. The minimum absolute atomic E-state index is 0. The summed E-state index contributed by atoms with van der Waals surface area (Å²) in [5.74, 6) is 0.926. The predicted molar refractivity (Wildman–Crippen MR) is 64.6 cm³/mol. The van der Waals surface area contributed by atoms with Gasteiger partial charge in [-0.25, -0.2) is 0 Å². The van der Waals surface area contributed by atoms with Crippen molar-refractivity contribution in [3.05, 3.63) is 35.2 Å². The Morgan fingerprint density at radius 3 is 2.75 bits per heavy atom. The van der Waals surface area contributed by atoms with Crippen molar-refractivity contribution >= 4 is 24.0 Å². The second-order valence-electron chi connectivity index (χ2n) is 3.26. The Labute approximate surface area is 104 Å². The third-order valence-corrected chi connectivity index (χ3v) is 2.15. The third-order valence-electron chi connectivity index (χ3n) is 1.91. The maximum absolute atomic E-state index is 5.85. The number of nitrogens with zero attached hydrogens (tertiary/aromatic N) is 2. The molecular formula is C10H11Cl2N3O. The van der Waals surface area contributed by atoms with E-state index in [1.54, 1.807) is 19.1 Å². The molecule has 86 valence electrons. The monoisotopic (exact) mass is 259 g/mol. The van der Waals surface area contributed by atoms with Crippen LogP contribution in [-0.2, 0) is 0 Å².